The summed E-state index contributed by atoms with van der Waals surface area (Å²) in [6, 6.07) is -0.975. The maximum atomic E-state index is 11.2. The van der Waals surface area contributed by atoms with Gasteiger partial charge in [-0.05, 0) is 13.8 Å². The molecule has 0 aliphatic heterocycles. The Labute approximate surface area is 78.9 Å². The molecule has 0 saturated heterocycles. The Balaban J connectivity index is 3.19. The van der Waals surface area contributed by atoms with Gasteiger partial charge < -0.3 is 10.1 Å². The third-order valence-corrected chi connectivity index (χ3v) is 1.95. The molecule has 4 N–H and O–H groups in total. The van der Waals surface area contributed by atoms with Gasteiger partial charge in [0.1, 0.15) is 6.04 Å². The van der Waals surface area contributed by atoms with E-state index >= 15 is 0 Å². The monoisotopic (exact) mass is 201 g/mol. The Morgan fingerprint density at radius 2 is 2.21 bits per heavy atom. The van der Waals surface area contributed by atoms with Crippen molar-refractivity contribution < 1.29 is 15.1 Å². The first kappa shape index (κ1) is 10.3. The van der Waals surface area contributed by atoms with Crippen molar-refractivity contribution in [1.29, 1.82) is 0 Å². The first-order valence-electron chi connectivity index (χ1n) is 3.93. The molecule has 0 unspecified atom stereocenters. The fourth-order valence-electron chi connectivity index (χ4n) is 1.12. The zero-order valence-electron chi connectivity index (χ0n) is 7.74. The van der Waals surface area contributed by atoms with Crippen LogP contribution in [0.15, 0.2) is 4.79 Å². The lowest BCUT2D eigenvalue weighted by Gasteiger charge is -2.10. The molecule has 0 fully saturated rings. The van der Waals surface area contributed by atoms with Gasteiger partial charge in [0.05, 0.1) is 5.69 Å². The van der Waals surface area contributed by atoms with Gasteiger partial charge in [0.15, 0.2) is 0 Å². The molecule has 7 heteroatoms. The van der Waals surface area contributed by atoms with Crippen LogP contribution in [0, 0.1) is 6.92 Å². The van der Waals surface area contributed by atoms with Crippen molar-refractivity contribution in [1.82, 2.24) is 15.0 Å². The number of aromatic amines is 1. The van der Waals surface area contributed by atoms with Crippen LogP contribution in [0.5, 0.6) is 5.88 Å². The summed E-state index contributed by atoms with van der Waals surface area (Å²) < 4.78 is 0.848. The third kappa shape index (κ3) is 1.49. The van der Waals surface area contributed by atoms with Gasteiger partial charge in [0.2, 0.25) is 5.88 Å². The number of aryl methyl sites for hydroxylation is 1. The Bertz CT molecular complexity index is 406. The Morgan fingerprint density at radius 3 is 2.57 bits per heavy atom. The minimum absolute atomic E-state index is 0.271. The van der Waals surface area contributed by atoms with Crippen molar-refractivity contribution >= 4 is 5.91 Å². The Hall–Kier alpha value is -1.76. The number of aromatic nitrogens is 2. The number of H-pyrrole nitrogens is 1. The van der Waals surface area contributed by atoms with Gasteiger partial charge in [-0.25, -0.2) is 10.3 Å². The number of nitrogens with one attached hydrogen (secondary N) is 2. The fourth-order valence-corrected chi connectivity index (χ4v) is 1.12. The van der Waals surface area contributed by atoms with Crippen molar-refractivity contribution in [3.8, 4) is 5.88 Å². The topological polar surface area (TPSA) is 107 Å². The molecular formula is C7H11N3O4. The lowest BCUT2D eigenvalue weighted by atomic mass is 10.3. The highest BCUT2D eigenvalue weighted by Gasteiger charge is 2.21. The van der Waals surface area contributed by atoms with Gasteiger partial charge in [-0.2, -0.15) is 0 Å². The Kier molecular flexibility index (Phi) is 2.61. The largest absolute Gasteiger partial charge is 0.493 e. The summed E-state index contributed by atoms with van der Waals surface area (Å²) in [6.45, 7) is 2.87. The molecule has 0 bridgehead atoms. The van der Waals surface area contributed by atoms with E-state index in [0.29, 0.717) is 0 Å². The predicted molar refractivity (Wildman–Crippen MR) is 46.1 cm³/mol. The summed E-state index contributed by atoms with van der Waals surface area (Å²) in [5.74, 6) is -1.09. The molecule has 1 aromatic rings. The third-order valence-electron chi connectivity index (χ3n) is 1.95. The summed E-state index contributed by atoms with van der Waals surface area (Å²) in [7, 11) is 0. The average Bonchev–Trinajstić information content (AvgIpc) is 2.39. The van der Waals surface area contributed by atoms with Gasteiger partial charge in [-0.3, -0.25) is 14.6 Å². The molecule has 14 heavy (non-hydrogen) atoms. The fraction of sp³-hybridized carbons (Fsp3) is 0.429. The summed E-state index contributed by atoms with van der Waals surface area (Å²) in [5.41, 5.74) is 1.07. The van der Waals surface area contributed by atoms with Crippen molar-refractivity contribution in [2.75, 3.05) is 0 Å². The van der Waals surface area contributed by atoms with Gasteiger partial charge >= 0.3 is 5.69 Å². The molecule has 0 spiro atoms. The number of amides is 1. The van der Waals surface area contributed by atoms with Gasteiger partial charge in [0, 0.05) is 0 Å². The van der Waals surface area contributed by atoms with E-state index in [1.807, 2.05) is 0 Å². The van der Waals surface area contributed by atoms with Crippen LogP contribution in [0.3, 0.4) is 0 Å². The van der Waals surface area contributed by atoms with Crippen LogP contribution in [-0.2, 0) is 4.79 Å². The number of imidazole rings is 1. The minimum Gasteiger partial charge on any atom is -0.493 e. The van der Waals surface area contributed by atoms with E-state index in [4.69, 9.17) is 5.21 Å². The first-order valence-corrected chi connectivity index (χ1v) is 3.93. The molecule has 7 nitrogen and oxygen atoms in total. The highest BCUT2D eigenvalue weighted by molar-refractivity contribution is 5.78. The molecule has 0 aliphatic rings. The number of aromatic hydroxyl groups is 1. The normalized spacial score (nSPS) is 12.5. The van der Waals surface area contributed by atoms with E-state index in [-0.39, 0.29) is 11.6 Å². The SMILES string of the molecule is Cc1[nH]c(=O)n([C@@H](C)C(=O)NO)c1O. The predicted octanol–water partition coefficient (Wildman–Crippen LogP) is -0.743. The number of hydrogen-bond donors (Lipinski definition) is 4. The molecule has 1 amide bonds. The quantitative estimate of drug-likeness (QED) is 0.373. The molecule has 78 valence electrons. The van der Waals surface area contributed by atoms with Crippen LogP contribution in [0.25, 0.3) is 0 Å². The second-order valence-corrected chi connectivity index (χ2v) is 2.90. The number of nitrogens with zero attached hydrogens (tertiary/aromatic N) is 1. The molecule has 1 rings (SSSR count). The molecule has 0 aromatic carbocycles. The van der Waals surface area contributed by atoms with Crippen LogP contribution in [0.1, 0.15) is 18.7 Å². The van der Waals surface area contributed by atoms with E-state index < -0.39 is 17.6 Å². The standard InChI is InChI=1S/C7H11N3O4/c1-3-6(12)10(7(13)8-3)4(2)5(11)9-14/h4,12,14H,1-2H3,(H,8,13)(H,9,11)/t4-/m0/s1. The van der Waals surface area contributed by atoms with E-state index in [2.05, 4.69) is 4.98 Å². The summed E-state index contributed by atoms with van der Waals surface area (Å²) in [5, 5.41) is 17.8. The van der Waals surface area contributed by atoms with Crippen LogP contribution < -0.4 is 11.2 Å². The number of carbonyl (C=O) groups is 1. The van der Waals surface area contributed by atoms with Crippen molar-refractivity contribution in [3.05, 3.63) is 16.2 Å². The first-order chi connectivity index (χ1) is 6.49. The number of carbonyl (C=O) groups excluding carboxylic acids is 1. The van der Waals surface area contributed by atoms with E-state index in [9.17, 15) is 14.7 Å². The maximum Gasteiger partial charge on any atom is 0.329 e. The van der Waals surface area contributed by atoms with Gasteiger partial charge in [0.25, 0.3) is 5.91 Å². The zero-order valence-corrected chi connectivity index (χ0v) is 7.74. The molecule has 1 atom stereocenters. The average molecular weight is 201 g/mol. The highest BCUT2D eigenvalue weighted by atomic mass is 16.5. The molecule has 0 saturated carbocycles. The molecular weight excluding hydrogens is 190 g/mol. The van der Waals surface area contributed by atoms with Gasteiger partial charge in [-0.15, -0.1) is 0 Å². The number of hydroxylamine groups is 1. The lowest BCUT2D eigenvalue weighted by molar-refractivity contribution is -0.132. The lowest BCUT2D eigenvalue weighted by Crippen LogP contribution is -2.32. The maximum absolute atomic E-state index is 11.2. The van der Waals surface area contributed by atoms with E-state index in [1.165, 1.54) is 19.3 Å². The second-order valence-electron chi connectivity index (χ2n) is 2.90. The molecule has 1 aromatic heterocycles. The Morgan fingerprint density at radius 1 is 1.64 bits per heavy atom. The van der Waals surface area contributed by atoms with E-state index in [0.717, 1.165) is 4.57 Å². The zero-order chi connectivity index (χ0) is 10.9. The molecule has 1 heterocycles. The van der Waals surface area contributed by atoms with Crippen LogP contribution >= 0.6 is 0 Å². The highest BCUT2D eigenvalue weighted by Crippen LogP contribution is 2.16. The minimum atomic E-state index is -0.975. The van der Waals surface area contributed by atoms with Gasteiger partial charge in [-0.1, -0.05) is 0 Å². The summed E-state index contributed by atoms with van der Waals surface area (Å²) >= 11 is 0. The molecule has 0 radical (unpaired) electrons. The number of rotatable bonds is 2. The smallest absolute Gasteiger partial charge is 0.329 e. The summed E-state index contributed by atoms with van der Waals surface area (Å²) in [4.78, 5) is 24.5. The van der Waals surface area contributed by atoms with Crippen molar-refractivity contribution in [2.24, 2.45) is 0 Å². The van der Waals surface area contributed by atoms with E-state index in [1.54, 1.807) is 0 Å². The number of hydrogen-bond acceptors (Lipinski definition) is 4. The summed E-state index contributed by atoms with van der Waals surface area (Å²) in [6.07, 6.45) is 0. The second kappa shape index (κ2) is 3.54. The van der Waals surface area contributed by atoms with Crippen LogP contribution in [-0.4, -0.2) is 25.8 Å². The van der Waals surface area contributed by atoms with Crippen molar-refractivity contribution in [3.63, 3.8) is 0 Å². The van der Waals surface area contributed by atoms with Crippen LogP contribution in [0.2, 0.25) is 0 Å². The van der Waals surface area contributed by atoms with Crippen molar-refractivity contribution in [2.45, 2.75) is 19.9 Å². The van der Waals surface area contributed by atoms with Crippen LogP contribution in [0.4, 0.5) is 0 Å². The molecule has 0 aliphatic carbocycles.